The smallest absolute Gasteiger partial charge is 0.325 e. The maximum absolute atomic E-state index is 11.5. The van der Waals surface area contributed by atoms with Crippen LogP contribution in [0.25, 0.3) is 0 Å². The van der Waals surface area contributed by atoms with Crippen molar-refractivity contribution >= 4 is 5.97 Å². The van der Waals surface area contributed by atoms with Gasteiger partial charge >= 0.3 is 5.97 Å². The lowest BCUT2D eigenvalue weighted by Gasteiger charge is -2.29. The molecule has 4 heteroatoms. The van der Waals surface area contributed by atoms with E-state index < -0.39 is 17.6 Å². The van der Waals surface area contributed by atoms with Crippen LogP contribution in [-0.2, 0) is 9.53 Å². The Hall–Kier alpha value is -0.610. The summed E-state index contributed by atoms with van der Waals surface area (Å²) in [5, 5.41) is 12.9. The summed E-state index contributed by atoms with van der Waals surface area (Å²) < 4.78 is 4.66. The zero-order chi connectivity index (χ0) is 13.0. The Balaban J connectivity index is 4.31. The molecule has 0 saturated heterocycles. The van der Waals surface area contributed by atoms with Crippen molar-refractivity contribution in [3.05, 3.63) is 0 Å². The van der Waals surface area contributed by atoms with Crippen LogP contribution in [0.3, 0.4) is 0 Å². The number of esters is 1. The number of rotatable bonds is 5. The second kappa shape index (κ2) is 5.64. The second-order valence-corrected chi connectivity index (χ2v) is 5.87. The molecule has 0 saturated carbocycles. The highest BCUT2D eigenvalue weighted by Gasteiger charge is 2.33. The molecule has 0 rings (SSSR count). The van der Waals surface area contributed by atoms with Gasteiger partial charge in [0, 0.05) is 0 Å². The van der Waals surface area contributed by atoms with Crippen molar-refractivity contribution in [1.29, 1.82) is 0 Å². The van der Waals surface area contributed by atoms with E-state index in [4.69, 9.17) is 0 Å². The van der Waals surface area contributed by atoms with E-state index in [0.717, 1.165) is 6.42 Å². The van der Waals surface area contributed by atoms with E-state index in [1.54, 1.807) is 13.8 Å². The van der Waals surface area contributed by atoms with Gasteiger partial charge in [0.2, 0.25) is 0 Å². The van der Waals surface area contributed by atoms with Gasteiger partial charge in [0.25, 0.3) is 0 Å². The number of hydrogen-bond acceptors (Lipinski definition) is 4. The summed E-state index contributed by atoms with van der Waals surface area (Å²) in [7, 11) is 1.33. The first-order chi connectivity index (χ1) is 7.08. The first kappa shape index (κ1) is 15.4. The number of carbonyl (C=O) groups is 1. The van der Waals surface area contributed by atoms with Crippen LogP contribution in [-0.4, -0.2) is 36.4 Å². The Labute approximate surface area is 98.4 Å². The molecular formula is C12H25NO3. The molecule has 0 radical (unpaired) electrons. The van der Waals surface area contributed by atoms with Crippen LogP contribution < -0.4 is 5.32 Å². The average molecular weight is 231 g/mol. The summed E-state index contributed by atoms with van der Waals surface area (Å²) in [6, 6.07) is -0.681. The van der Waals surface area contributed by atoms with Crippen molar-refractivity contribution in [3.63, 3.8) is 0 Å². The van der Waals surface area contributed by atoms with Crippen LogP contribution in [0.4, 0.5) is 0 Å². The molecule has 0 aromatic heterocycles. The number of methoxy groups -OCH3 is 1. The number of ether oxygens (including phenoxy) is 1. The summed E-state index contributed by atoms with van der Waals surface area (Å²) in [5.41, 5.74) is -0.918. The summed E-state index contributed by atoms with van der Waals surface area (Å²) in [5.74, 6) is -0.429. The largest absolute Gasteiger partial charge is 0.468 e. The molecule has 96 valence electrons. The van der Waals surface area contributed by atoms with E-state index in [-0.39, 0.29) is 5.41 Å². The van der Waals surface area contributed by atoms with Gasteiger partial charge in [-0.3, -0.25) is 4.79 Å². The van der Waals surface area contributed by atoms with Crippen LogP contribution >= 0.6 is 0 Å². The van der Waals surface area contributed by atoms with Crippen LogP contribution in [0.2, 0.25) is 0 Å². The molecule has 0 unspecified atom stereocenters. The molecule has 0 amide bonds. The van der Waals surface area contributed by atoms with Gasteiger partial charge in [-0.25, -0.2) is 0 Å². The van der Waals surface area contributed by atoms with Crippen LogP contribution in [0.5, 0.6) is 0 Å². The highest BCUT2D eigenvalue weighted by atomic mass is 16.5. The molecule has 0 spiro atoms. The minimum atomic E-state index is -1.12. The van der Waals surface area contributed by atoms with Gasteiger partial charge in [-0.15, -0.1) is 0 Å². The van der Waals surface area contributed by atoms with Crippen molar-refractivity contribution in [2.45, 2.75) is 52.7 Å². The van der Waals surface area contributed by atoms with Crippen LogP contribution in [0.1, 0.15) is 41.0 Å². The molecule has 0 bridgehead atoms. The normalized spacial score (nSPS) is 14.7. The maximum atomic E-state index is 11.5. The average Bonchev–Trinajstić information content (AvgIpc) is 2.07. The number of hydrogen-bond donors (Lipinski definition) is 2. The summed E-state index contributed by atoms with van der Waals surface area (Å²) in [6.45, 7) is 10.3. The molecule has 1 atom stereocenters. The Morgan fingerprint density at radius 1 is 1.31 bits per heavy atom. The topological polar surface area (TPSA) is 58.6 Å². The van der Waals surface area contributed by atoms with Gasteiger partial charge < -0.3 is 15.2 Å². The van der Waals surface area contributed by atoms with Gasteiger partial charge in [0.05, 0.1) is 12.7 Å². The Kier molecular flexibility index (Phi) is 5.42. The van der Waals surface area contributed by atoms with Gasteiger partial charge in [-0.2, -0.15) is 0 Å². The van der Waals surface area contributed by atoms with E-state index in [2.05, 4.69) is 30.8 Å². The maximum Gasteiger partial charge on any atom is 0.325 e. The molecule has 0 aliphatic heterocycles. The molecule has 16 heavy (non-hydrogen) atoms. The van der Waals surface area contributed by atoms with Crippen molar-refractivity contribution < 1.29 is 14.6 Å². The standard InChI is InChI=1S/C12H25NO3/c1-11(2,3)7-8-13-9(10(14)16-6)12(4,5)15/h9,13,15H,7-8H2,1-6H3/t9-/m1/s1. The van der Waals surface area contributed by atoms with Crippen molar-refractivity contribution in [2.75, 3.05) is 13.7 Å². The highest BCUT2D eigenvalue weighted by molar-refractivity contribution is 5.77. The van der Waals surface area contributed by atoms with Gasteiger partial charge in [-0.05, 0) is 32.2 Å². The molecule has 2 N–H and O–H groups in total. The minimum Gasteiger partial charge on any atom is -0.468 e. The SMILES string of the molecule is COC(=O)[C@@H](NCCC(C)(C)C)C(C)(C)O. The first-order valence-electron chi connectivity index (χ1n) is 5.61. The fraction of sp³-hybridized carbons (Fsp3) is 0.917. The highest BCUT2D eigenvalue weighted by Crippen LogP contribution is 2.18. The molecule has 0 fully saturated rings. The Bertz CT molecular complexity index is 225. The van der Waals surface area contributed by atoms with Gasteiger partial charge in [-0.1, -0.05) is 20.8 Å². The van der Waals surface area contributed by atoms with Crippen LogP contribution in [0, 0.1) is 5.41 Å². The fourth-order valence-corrected chi connectivity index (χ4v) is 1.33. The molecule has 0 aromatic rings. The van der Waals surface area contributed by atoms with Crippen LogP contribution in [0.15, 0.2) is 0 Å². The third-order valence-corrected chi connectivity index (χ3v) is 2.37. The lowest BCUT2D eigenvalue weighted by molar-refractivity contribution is -0.149. The third-order valence-electron chi connectivity index (χ3n) is 2.37. The molecule has 0 heterocycles. The van der Waals surface area contributed by atoms with Crippen molar-refractivity contribution in [2.24, 2.45) is 5.41 Å². The van der Waals surface area contributed by atoms with E-state index in [0.29, 0.717) is 6.54 Å². The monoisotopic (exact) mass is 231 g/mol. The second-order valence-electron chi connectivity index (χ2n) is 5.87. The fourth-order valence-electron chi connectivity index (χ4n) is 1.33. The lowest BCUT2D eigenvalue weighted by Crippen LogP contribution is -2.53. The van der Waals surface area contributed by atoms with E-state index in [9.17, 15) is 9.90 Å². The molecule has 0 aliphatic carbocycles. The molecule has 4 nitrogen and oxygen atoms in total. The van der Waals surface area contributed by atoms with Crippen molar-refractivity contribution in [1.82, 2.24) is 5.32 Å². The summed E-state index contributed by atoms with van der Waals surface area (Å²) >= 11 is 0. The third kappa shape index (κ3) is 6.08. The van der Waals surface area contributed by atoms with E-state index >= 15 is 0 Å². The Morgan fingerprint density at radius 2 is 1.81 bits per heavy atom. The van der Waals surface area contributed by atoms with Gasteiger partial charge in [0.1, 0.15) is 6.04 Å². The van der Waals surface area contributed by atoms with Gasteiger partial charge in [0.15, 0.2) is 0 Å². The zero-order valence-corrected chi connectivity index (χ0v) is 11.3. The number of carbonyl (C=O) groups excluding carboxylic acids is 1. The predicted molar refractivity (Wildman–Crippen MR) is 64.2 cm³/mol. The first-order valence-corrected chi connectivity index (χ1v) is 5.61. The minimum absolute atomic E-state index is 0.202. The summed E-state index contributed by atoms with van der Waals surface area (Å²) in [4.78, 5) is 11.5. The zero-order valence-electron chi connectivity index (χ0n) is 11.3. The summed E-state index contributed by atoms with van der Waals surface area (Å²) in [6.07, 6.45) is 0.927. The molecule has 0 aromatic carbocycles. The van der Waals surface area contributed by atoms with E-state index in [1.807, 2.05) is 0 Å². The predicted octanol–water partition coefficient (Wildman–Crippen LogP) is 1.32. The quantitative estimate of drug-likeness (QED) is 0.701. The van der Waals surface area contributed by atoms with E-state index in [1.165, 1.54) is 7.11 Å². The lowest BCUT2D eigenvalue weighted by atomic mass is 9.91. The van der Waals surface area contributed by atoms with Crippen molar-refractivity contribution in [3.8, 4) is 0 Å². The number of nitrogens with one attached hydrogen (secondary N) is 1. The number of aliphatic hydroxyl groups is 1. The Morgan fingerprint density at radius 3 is 2.12 bits per heavy atom. The molecular weight excluding hydrogens is 206 g/mol. The molecule has 0 aliphatic rings.